The quantitative estimate of drug-likeness (QED) is 0.805. The minimum absolute atomic E-state index is 0.0609. The molecule has 0 saturated heterocycles. The van der Waals surface area contributed by atoms with Gasteiger partial charge in [-0.1, -0.05) is 11.6 Å². The Kier molecular flexibility index (Phi) is 3.01. The van der Waals surface area contributed by atoms with E-state index in [0.717, 1.165) is 0 Å². The average molecular weight is 254 g/mol. The van der Waals surface area contributed by atoms with Crippen molar-refractivity contribution in [1.82, 2.24) is 0 Å². The number of hydrogen-bond donors (Lipinski definition) is 2. The largest absolute Gasteiger partial charge is 0.478 e. The van der Waals surface area contributed by atoms with E-state index in [9.17, 15) is 9.59 Å². The van der Waals surface area contributed by atoms with E-state index < -0.39 is 18.2 Å². The summed E-state index contributed by atoms with van der Waals surface area (Å²) in [5.74, 6) is -1.56. The molecule has 1 atom stereocenters. The number of hydrogen-bond acceptors (Lipinski definition) is 4. The second-order valence-corrected chi connectivity index (χ2v) is 3.79. The summed E-state index contributed by atoms with van der Waals surface area (Å²) in [5.41, 5.74) is 0.361. The minimum atomic E-state index is -1.09. The Hall–Kier alpha value is -2.01. The Bertz CT molecular complexity index is 512. The van der Waals surface area contributed by atoms with Crippen molar-refractivity contribution in [2.75, 3.05) is 5.32 Å². The van der Waals surface area contributed by atoms with Crippen LogP contribution < -0.4 is 5.32 Å². The maximum Gasteiger partial charge on any atom is 0.337 e. The fraction of sp³-hybridized carbons (Fsp3) is 0.0909. The van der Waals surface area contributed by atoms with Crippen LogP contribution in [0.15, 0.2) is 30.4 Å². The Morgan fingerprint density at radius 1 is 1.47 bits per heavy atom. The molecule has 1 aliphatic heterocycles. The molecule has 0 saturated carbocycles. The predicted molar refractivity (Wildman–Crippen MR) is 61.1 cm³/mol. The maximum atomic E-state index is 11.0. The molecule has 2 rings (SSSR count). The molecule has 88 valence electrons. The van der Waals surface area contributed by atoms with Crippen molar-refractivity contribution in [3.05, 3.63) is 40.9 Å². The summed E-state index contributed by atoms with van der Waals surface area (Å²) in [7, 11) is 0. The van der Waals surface area contributed by atoms with Crippen molar-refractivity contribution in [1.29, 1.82) is 0 Å². The molecule has 1 heterocycles. The van der Waals surface area contributed by atoms with Crippen LogP contribution in [0.1, 0.15) is 10.4 Å². The molecule has 1 aliphatic rings. The molecule has 0 bridgehead atoms. The van der Waals surface area contributed by atoms with Crippen LogP contribution in [0.5, 0.6) is 0 Å². The lowest BCUT2D eigenvalue weighted by Gasteiger charge is -2.14. The van der Waals surface area contributed by atoms with Gasteiger partial charge in [0.15, 0.2) is 6.23 Å². The number of esters is 1. The summed E-state index contributed by atoms with van der Waals surface area (Å²) in [4.78, 5) is 21.8. The van der Waals surface area contributed by atoms with Gasteiger partial charge in [0.05, 0.1) is 11.3 Å². The first-order valence-corrected chi connectivity index (χ1v) is 5.12. The van der Waals surface area contributed by atoms with E-state index in [1.165, 1.54) is 30.4 Å². The zero-order valence-electron chi connectivity index (χ0n) is 8.51. The molecular weight excluding hydrogens is 246 g/mol. The molecule has 6 heteroatoms. The van der Waals surface area contributed by atoms with Gasteiger partial charge in [0.25, 0.3) is 0 Å². The fourth-order valence-electron chi connectivity index (χ4n) is 1.42. The summed E-state index contributed by atoms with van der Waals surface area (Å²) in [6.45, 7) is 0. The summed E-state index contributed by atoms with van der Waals surface area (Å²) >= 11 is 5.78. The number of aromatic carboxylic acids is 1. The van der Waals surface area contributed by atoms with E-state index in [0.29, 0.717) is 10.7 Å². The number of carboxylic acid groups (broad SMARTS) is 1. The number of anilines is 1. The number of carbonyl (C=O) groups excluding carboxylic acids is 1. The number of rotatable bonds is 3. The fourth-order valence-corrected chi connectivity index (χ4v) is 1.59. The number of cyclic esters (lactones) is 1. The summed E-state index contributed by atoms with van der Waals surface area (Å²) in [5, 5.41) is 12.1. The molecule has 0 aliphatic carbocycles. The van der Waals surface area contributed by atoms with E-state index in [1.54, 1.807) is 0 Å². The lowest BCUT2D eigenvalue weighted by atomic mass is 10.2. The molecule has 0 fully saturated rings. The zero-order chi connectivity index (χ0) is 12.4. The van der Waals surface area contributed by atoms with E-state index >= 15 is 0 Å². The van der Waals surface area contributed by atoms with Crippen molar-refractivity contribution in [2.45, 2.75) is 6.23 Å². The minimum Gasteiger partial charge on any atom is -0.478 e. The standard InChI is InChI=1S/C11H8ClNO4/c12-6-1-2-7(11(15)16)8(5-6)13-9-3-4-10(14)17-9/h1-5,9,13H,(H,15,16). The number of carbonyl (C=O) groups is 2. The van der Waals surface area contributed by atoms with Crippen molar-refractivity contribution >= 4 is 29.2 Å². The van der Waals surface area contributed by atoms with Crippen LogP contribution in [0.2, 0.25) is 5.02 Å². The van der Waals surface area contributed by atoms with Crippen molar-refractivity contribution < 1.29 is 19.4 Å². The van der Waals surface area contributed by atoms with Gasteiger partial charge >= 0.3 is 11.9 Å². The molecule has 1 unspecified atom stereocenters. The highest BCUT2D eigenvalue weighted by Gasteiger charge is 2.19. The van der Waals surface area contributed by atoms with E-state index in [4.69, 9.17) is 21.4 Å². The first-order chi connectivity index (χ1) is 8.06. The van der Waals surface area contributed by atoms with Crippen molar-refractivity contribution in [3.8, 4) is 0 Å². The molecule has 0 radical (unpaired) electrons. The number of halogens is 1. The Labute approximate surface area is 102 Å². The van der Waals surface area contributed by atoms with Crippen LogP contribution >= 0.6 is 11.6 Å². The van der Waals surface area contributed by atoms with Crippen LogP contribution in [0.3, 0.4) is 0 Å². The zero-order valence-corrected chi connectivity index (χ0v) is 9.27. The lowest BCUT2D eigenvalue weighted by molar-refractivity contribution is -0.137. The van der Waals surface area contributed by atoms with Gasteiger partial charge in [0.1, 0.15) is 0 Å². The van der Waals surface area contributed by atoms with Gasteiger partial charge < -0.3 is 15.2 Å². The molecule has 0 aromatic heterocycles. The predicted octanol–water partition coefficient (Wildman–Crippen LogP) is 1.89. The van der Waals surface area contributed by atoms with Gasteiger partial charge in [-0.05, 0) is 24.3 Å². The molecular formula is C11H8ClNO4. The third kappa shape index (κ3) is 2.57. The average Bonchev–Trinajstić information content (AvgIpc) is 2.63. The highest BCUT2D eigenvalue weighted by atomic mass is 35.5. The smallest absolute Gasteiger partial charge is 0.337 e. The molecule has 17 heavy (non-hydrogen) atoms. The Morgan fingerprint density at radius 2 is 2.24 bits per heavy atom. The van der Waals surface area contributed by atoms with E-state index in [-0.39, 0.29) is 5.56 Å². The van der Waals surface area contributed by atoms with Crippen LogP contribution in [-0.4, -0.2) is 23.3 Å². The first kappa shape index (κ1) is 11.5. The Balaban J connectivity index is 2.25. The van der Waals surface area contributed by atoms with Crippen molar-refractivity contribution in [2.24, 2.45) is 0 Å². The monoisotopic (exact) mass is 253 g/mol. The van der Waals surface area contributed by atoms with E-state index in [1.807, 2.05) is 0 Å². The first-order valence-electron chi connectivity index (χ1n) is 4.74. The molecule has 1 aromatic rings. The van der Waals surface area contributed by atoms with Gasteiger partial charge in [0.2, 0.25) is 0 Å². The van der Waals surface area contributed by atoms with Gasteiger partial charge in [-0.3, -0.25) is 0 Å². The second-order valence-electron chi connectivity index (χ2n) is 3.36. The summed E-state index contributed by atoms with van der Waals surface area (Å²) < 4.78 is 4.84. The third-order valence-electron chi connectivity index (χ3n) is 2.16. The molecule has 0 amide bonds. The number of carboxylic acids is 1. The molecule has 2 N–H and O–H groups in total. The maximum absolute atomic E-state index is 11.0. The number of nitrogens with one attached hydrogen (secondary N) is 1. The SMILES string of the molecule is O=C1C=CC(Nc2cc(Cl)ccc2C(=O)O)O1. The lowest BCUT2D eigenvalue weighted by Crippen LogP contribution is -2.20. The van der Waals surface area contributed by atoms with Gasteiger partial charge in [-0.15, -0.1) is 0 Å². The Morgan fingerprint density at radius 3 is 2.82 bits per heavy atom. The van der Waals surface area contributed by atoms with Gasteiger partial charge in [-0.2, -0.15) is 0 Å². The highest BCUT2D eigenvalue weighted by Crippen LogP contribution is 2.23. The number of ether oxygens (including phenoxy) is 1. The third-order valence-corrected chi connectivity index (χ3v) is 2.40. The van der Waals surface area contributed by atoms with Crippen LogP contribution in [0.25, 0.3) is 0 Å². The molecule has 1 aromatic carbocycles. The van der Waals surface area contributed by atoms with Crippen molar-refractivity contribution in [3.63, 3.8) is 0 Å². The molecule has 0 spiro atoms. The topological polar surface area (TPSA) is 75.6 Å². The van der Waals surface area contributed by atoms with Crippen LogP contribution in [-0.2, 0) is 9.53 Å². The number of benzene rings is 1. The summed E-state index contributed by atoms with van der Waals surface area (Å²) in [6, 6.07) is 4.32. The highest BCUT2D eigenvalue weighted by molar-refractivity contribution is 6.31. The van der Waals surface area contributed by atoms with Crippen LogP contribution in [0, 0.1) is 0 Å². The summed E-state index contributed by atoms with van der Waals surface area (Å²) in [6.07, 6.45) is 2.09. The van der Waals surface area contributed by atoms with Gasteiger partial charge in [0, 0.05) is 11.1 Å². The van der Waals surface area contributed by atoms with Crippen LogP contribution in [0.4, 0.5) is 5.69 Å². The molecule has 5 nitrogen and oxygen atoms in total. The normalized spacial score (nSPS) is 17.9. The van der Waals surface area contributed by atoms with Gasteiger partial charge in [-0.25, -0.2) is 9.59 Å². The van der Waals surface area contributed by atoms with E-state index in [2.05, 4.69) is 5.32 Å². The second kappa shape index (κ2) is 4.47.